The number of carbonyl (C=O) groups excluding carboxylic acids is 1. The Labute approximate surface area is 140 Å². The van der Waals surface area contributed by atoms with Crippen molar-refractivity contribution in [3.8, 4) is 11.1 Å². The van der Waals surface area contributed by atoms with Crippen LogP contribution in [0.4, 0.5) is 0 Å². The lowest BCUT2D eigenvalue weighted by Gasteiger charge is -2.32. The number of hydrogen-bond donors (Lipinski definition) is 1. The third-order valence-corrected chi connectivity index (χ3v) is 4.07. The van der Waals surface area contributed by atoms with Gasteiger partial charge in [0, 0.05) is 18.7 Å². The smallest absolute Gasteiger partial charge is 0.306 e. The van der Waals surface area contributed by atoms with Gasteiger partial charge in [0.15, 0.2) is 0 Å². The maximum atomic E-state index is 12.9. The highest BCUT2D eigenvalue weighted by molar-refractivity contribution is 6.01. The SMILES string of the molecule is O=C(O)CC1CN(C(=O)c2ccccc2-c2ccccc2)CCO1. The number of hydrogen-bond acceptors (Lipinski definition) is 3. The zero-order valence-electron chi connectivity index (χ0n) is 13.2. The molecule has 0 bridgehead atoms. The Morgan fingerprint density at radius 3 is 2.54 bits per heavy atom. The number of rotatable bonds is 4. The van der Waals surface area contributed by atoms with Gasteiger partial charge in [-0.3, -0.25) is 9.59 Å². The molecule has 3 rings (SSSR count). The van der Waals surface area contributed by atoms with Crippen molar-refractivity contribution in [2.24, 2.45) is 0 Å². The summed E-state index contributed by atoms with van der Waals surface area (Å²) in [5.74, 6) is -1.01. The molecule has 1 saturated heterocycles. The Hall–Kier alpha value is -2.66. The molecule has 1 aliphatic heterocycles. The zero-order valence-corrected chi connectivity index (χ0v) is 13.2. The van der Waals surface area contributed by atoms with Crippen LogP contribution in [0.2, 0.25) is 0 Å². The minimum atomic E-state index is -0.918. The first-order valence-corrected chi connectivity index (χ1v) is 7.92. The van der Waals surface area contributed by atoms with Gasteiger partial charge in [-0.15, -0.1) is 0 Å². The fourth-order valence-electron chi connectivity index (χ4n) is 2.93. The van der Waals surface area contributed by atoms with Crippen LogP contribution in [0.1, 0.15) is 16.8 Å². The van der Waals surface area contributed by atoms with E-state index in [2.05, 4.69) is 0 Å². The first-order chi connectivity index (χ1) is 11.6. The molecule has 1 amide bonds. The van der Waals surface area contributed by atoms with Crippen LogP contribution in [-0.4, -0.2) is 47.7 Å². The second kappa shape index (κ2) is 7.27. The van der Waals surface area contributed by atoms with Crippen molar-refractivity contribution in [3.63, 3.8) is 0 Å². The van der Waals surface area contributed by atoms with Crippen molar-refractivity contribution in [2.75, 3.05) is 19.7 Å². The predicted octanol–water partition coefficient (Wildman–Crippen LogP) is 2.67. The summed E-state index contributed by atoms with van der Waals surface area (Å²) in [6.07, 6.45) is -0.548. The number of ether oxygens (including phenoxy) is 1. The summed E-state index contributed by atoms with van der Waals surface area (Å²) in [6, 6.07) is 17.2. The molecule has 1 aliphatic rings. The highest BCUT2D eigenvalue weighted by atomic mass is 16.5. The number of carboxylic acids is 1. The molecule has 0 saturated carbocycles. The Bertz CT molecular complexity index is 729. The largest absolute Gasteiger partial charge is 0.481 e. The lowest BCUT2D eigenvalue weighted by molar-refractivity contribution is -0.141. The maximum Gasteiger partial charge on any atom is 0.306 e. The summed E-state index contributed by atoms with van der Waals surface area (Å²) >= 11 is 0. The van der Waals surface area contributed by atoms with Crippen molar-refractivity contribution in [1.29, 1.82) is 0 Å². The Balaban J connectivity index is 1.84. The van der Waals surface area contributed by atoms with Crippen molar-refractivity contribution < 1.29 is 19.4 Å². The summed E-state index contributed by atoms with van der Waals surface area (Å²) in [5.41, 5.74) is 2.49. The Kier molecular flexibility index (Phi) is 4.91. The molecule has 1 heterocycles. The third kappa shape index (κ3) is 3.63. The molecular formula is C19H19NO4. The van der Waals surface area contributed by atoms with Gasteiger partial charge in [0.05, 0.1) is 19.1 Å². The number of aliphatic carboxylic acids is 1. The lowest BCUT2D eigenvalue weighted by atomic mass is 9.98. The van der Waals surface area contributed by atoms with E-state index in [0.29, 0.717) is 25.3 Å². The monoisotopic (exact) mass is 325 g/mol. The van der Waals surface area contributed by atoms with Gasteiger partial charge in [-0.2, -0.15) is 0 Å². The molecule has 124 valence electrons. The molecule has 1 N–H and O–H groups in total. The van der Waals surface area contributed by atoms with E-state index in [1.165, 1.54) is 0 Å². The predicted molar refractivity (Wildman–Crippen MR) is 89.8 cm³/mol. The first kappa shape index (κ1) is 16.2. The van der Waals surface area contributed by atoms with Crippen LogP contribution in [-0.2, 0) is 9.53 Å². The molecule has 0 spiro atoms. The Morgan fingerprint density at radius 2 is 1.79 bits per heavy atom. The summed E-state index contributed by atoms with van der Waals surface area (Å²) in [6.45, 7) is 1.13. The third-order valence-electron chi connectivity index (χ3n) is 4.07. The van der Waals surface area contributed by atoms with Crippen LogP contribution in [0.3, 0.4) is 0 Å². The number of morpholine rings is 1. The van der Waals surface area contributed by atoms with Crippen LogP contribution in [0.15, 0.2) is 54.6 Å². The highest BCUT2D eigenvalue weighted by Gasteiger charge is 2.27. The number of carbonyl (C=O) groups is 2. The van der Waals surface area contributed by atoms with E-state index in [-0.39, 0.29) is 12.3 Å². The molecule has 0 aromatic heterocycles. The van der Waals surface area contributed by atoms with Gasteiger partial charge in [0.2, 0.25) is 0 Å². The fraction of sp³-hybridized carbons (Fsp3) is 0.263. The standard InChI is InChI=1S/C19H19NO4/c21-18(22)12-15-13-20(10-11-24-15)19(23)17-9-5-4-8-16(17)14-6-2-1-3-7-14/h1-9,15H,10-13H2,(H,21,22). The van der Waals surface area contributed by atoms with Crippen LogP contribution in [0, 0.1) is 0 Å². The van der Waals surface area contributed by atoms with E-state index in [4.69, 9.17) is 9.84 Å². The average molecular weight is 325 g/mol. The Morgan fingerprint density at radius 1 is 1.08 bits per heavy atom. The molecule has 1 atom stereocenters. The van der Waals surface area contributed by atoms with Crippen molar-refractivity contribution in [2.45, 2.75) is 12.5 Å². The van der Waals surface area contributed by atoms with Crippen LogP contribution in [0.5, 0.6) is 0 Å². The van der Waals surface area contributed by atoms with E-state index >= 15 is 0 Å². The average Bonchev–Trinajstić information content (AvgIpc) is 2.61. The van der Waals surface area contributed by atoms with Crippen molar-refractivity contribution in [3.05, 3.63) is 60.2 Å². The van der Waals surface area contributed by atoms with Crippen LogP contribution >= 0.6 is 0 Å². The summed E-state index contributed by atoms with van der Waals surface area (Å²) in [4.78, 5) is 25.5. The molecule has 0 aliphatic carbocycles. The summed E-state index contributed by atoms with van der Waals surface area (Å²) in [5, 5.41) is 8.92. The lowest BCUT2D eigenvalue weighted by Crippen LogP contribution is -2.46. The quantitative estimate of drug-likeness (QED) is 0.938. The second-order valence-corrected chi connectivity index (χ2v) is 5.75. The highest BCUT2D eigenvalue weighted by Crippen LogP contribution is 2.25. The maximum absolute atomic E-state index is 12.9. The van der Waals surface area contributed by atoms with Gasteiger partial charge in [-0.1, -0.05) is 48.5 Å². The molecule has 5 heteroatoms. The normalized spacial score (nSPS) is 17.5. The molecule has 24 heavy (non-hydrogen) atoms. The van der Waals surface area contributed by atoms with Gasteiger partial charge in [0.1, 0.15) is 0 Å². The molecule has 1 fully saturated rings. The zero-order chi connectivity index (χ0) is 16.9. The molecule has 0 radical (unpaired) electrons. The van der Waals surface area contributed by atoms with Gasteiger partial charge in [-0.05, 0) is 17.2 Å². The van der Waals surface area contributed by atoms with Gasteiger partial charge in [0.25, 0.3) is 5.91 Å². The van der Waals surface area contributed by atoms with E-state index in [1.807, 2.05) is 54.6 Å². The van der Waals surface area contributed by atoms with E-state index < -0.39 is 12.1 Å². The number of carboxylic acid groups (broad SMARTS) is 1. The molecular weight excluding hydrogens is 306 g/mol. The molecule has 2 aromatic carbocycles. The van der Waals surface area contributed by atoms with Crippen molar-refractivity contribution in [1.82, 2.24) is 4.90 Å². The van der Waals surface area contributed by atoms with Crippen LogP contribution in [0.25, 0.3) is 11.1 Å². The molecule has 5 nitrogen and oxygen atoms in total. The number of benzene rings is 2. The minimum absolute atomic E-state index is 0.0897. The number of amides is 1. The summed E-state index contributed by atoms with van der Waals surface area (Å²) in [7, 11) is 0. The van der Waals surface area contributed by atoms with Crippen molar-refractivity contribution >= 4 is 11.9 Å². The van der Waals surface area contributed by atoms with Gasteiger partial charge >= 0.3 is 5.97 Å². The van der Waals surface area contributed by atoms with E-state index in [0.717, 1.165) is 11.1 Å². The fourth-order valence-corrected chi connectivity index (χ4v) is 2.93. The first-order valence-electron chi connectivity index (χ1n) is 7.92. The van der Waals surface area contributed by atoms with E-state index in [1.54, 1.807) is 4.90 Å². The second-order valence-electron chi connectivity index (χ2n) is 5.75. The topological polar surface area (TPSA) is 66.8 Å². The minimum Gasteiger partial charge on any atom is -0.481 e. The van der Waals surface area contributed by atoms with Crippen LogP contribution < -0.4 is 0 Å². The van der Waals surface area contributed by atoms with E-state index in [9.17, 15) is 9.59 Å². The number of nitrogens with zero attached hydrogens (tertiary/aromatic N) is 1. The van der Waals surface area contributed by atoms with Gasteiger partial charge < -0.3 is 14.7 Å². The molecule has 2 aromatic rings. The summed E-state index contributed by atoms with van der Waals surface area (Å²) < 4.78 is 5.45. The molecule has 1 unspecified atom stereocenters. The van der Waals surface area contributed by atoms with Gasteiger partial charge in [-0.25, -0.2) is 0 Å².